The van der Waals surface area contributed by atoms with Gasteiger partial charge in [0.15, 0.2) is 0 Å². The smallest absolute Gasteiger partial charge is 0.338 e. The lowest BCUT2D eigenvalue weighted by atomic mass is 9.90. The van der Waals surface area contributed by atoms with E-state index in [1.54, 1.807) is 12.1 Å². The number of hydrogen-bond donors (Lipinski definition) is 0. The van der Waals surface area contributed by atoms with Crippen molar-refractivity contribution >= 4 is 30.6 Å². The molecule has 0 saturated heterocycles. The molecule has 0 heterocycles. The van der Waals surface area contributed by atoms with Gasteiger partial charge in [-0.05, 0) is 69.4 Å². The highest BCUT2D eigenvalue weighted by molar-refractivity contribution is 6.99. The molecule has 6 rings (SSSR count). The lowest BCUT2D eigenvalue weighted by molar-refractivity contribution is -0.140. The summed E-state index contributed by atoms with van der Waals surface area (Å²) in [7, 11) is -1.49. The molecule has 4 atom stereocenters. The molecule has 1 saturated carbocycles. The molecule has 0 unspecified atom stereocenters. The normalized spacial score (nSPS) is 18.4. The molecule has 0 bridgehead atoms. The average Bonchev–Trinajstić information content (AvgIpc) is 3.57. The fraction of sp³-hybridized carbons (Fsp3) is 0.320. The van der Waals surface area contributed by atoms with Crippen molar-refractivity contribution in [3.8, 4) is 11.1 Å². The molecule has 0 N–H and O–H groups in total. The van der Waals surface area contributed by atoms with Gasteiger partial charge >= 0.3 is 11.9 Å². The van der Waals surface area contributed by atoms with Gasteiger partial charge in [-0.2, -0.15) is 0 Å². The van der Waals surface area contributed by atoms with Crippen LogP contribution in [0.4, 0.5) is 0 Å². The van der Waals surface area contributed by atoms with Gasteiger partial charge in [0.25, 0.3) is 8.32 Å². The summed E-state index contributed by atoms with van der Waals surface area (Å²) >= 11 is 0. The third kappa shape index (κ3) is 10.5. The van der Waals surface area contributed by atoms with Crippen LogP contribution < -0.4 is 10.4 Å². The topological polar surface area (TPSA) is 71.1 Å². The number of ether oxygens (including phenoxy) is 3. The molecule has 1 aliphatic rings. The van der Waals surface area contributed by atoms with Crippen molar-refractivity contribution in [1.29, 1.82) is 0 Å². The van der Waals surface area contributed by atoms with Gasteiger partial charge in [0.05, 0.1) is 25.4 Å². The number of unbranched alkanes of at least 4 members (excludes halogenated alkanes) is 1. The number of hydrogen-bond acceptors (Lipinski definition) is 6. The summed E-state index contributed by atoms with van der Waals surface area (Å²) in [6.07, 6.45) is 6.84. The predicted octanol–water partition coefficient (Wildman–Crippen LogP) is 9.97. The summed E-state index contributed by atoms with van der Waals surface area (Å²) in [5, 5.41) is 2.18. The molecule has 0 aromatic heterocycles. The van der Waals surface area contributed by atoms with Crippen LogP contribution in [0.15, 0.2) is 158 Å². The predicted molar refractivity (Wildman–Crippen MR) is 231 cm³/mol. The summed E-state index contributed by atoms with van der Waals surface area (Å²) in [5.74, 6) is -0.694. The number of benzene rings is 5. The molecule has 296 valence electrons. The number of esters is 2. The van der Waals surface area contributed by atoms with E-state index in [4.69, 9.17) is 18.6 Å². The lowest BCUT2D eigenvalue weighted by Crippen LogP contribution is -2.67. The summed E-state index contributed by atoms with van der Waals surface area (Å²) in [6, 6.07) is 49.4. The Balaban J connectivity index is 1.32. The van der Waals surface area contributed by atoms with E-state index in [9.17, 15) is 9.59 Å². The van der Waals surface area contributed by atoms with Gasteiger partial charge in [-0.15, -0.1) is 0 Å². The fourth-order valence-electron chi connectivity index (χ4n) is 8.24. The first kappa shape index (κ1) is 41.5. The second-order valence-corrected chi connectivity index (χ2v) is 20.2. The van der Waals surface area contributed by atoms with Crippen molar-refractivity contribution in [2.45, 2.75) is 76.7 Å². The van der Waals surface area contributed by atoms with Crippen LogP contribution in [-0.4, -0.2) is 46.2 Å². The number of rotatable bonds is 17. The molecule has 0 spiro atoms. The highest BCUT2D eigenvalue weighted by Gasteiger charge is 2.53. The highest BCUT2D eigenvalue weighted by atomic mass is 28.4. The highest BCUT2D eigenvalue weighted by Crippen LogP contribution is 2.43. The van der Waals surface area contributed by atoms with E-state index in [0.29, 0.717) is 44.5 Å². The third-order valence-electron chi connectivity index (χ3n) is 11.2. The van der Waals surface area contributed by atoms with Gasteiger partial charge in [-0.1, -0.05) is 166 Å². The summed E-state index contributed by atoms with van der Waals surface area (Å²) in [5.41, 5.74) is 3.93. The van der Waals surface area contributed by atoms with Crippen LogP contribution in [0.3, 0.4) is 0 Å². The van der Waals surface area contributed by atoms with Gasteiger partial charge in [0, 0.05) is 25.4 Å². The van der Waals surface area contributed by atoms with Crippen LogP contribution >= 0.6 is 0 Å². The van der Waals surface area contributed by atoms with E-state index in [0.717, 1.165) is 17.5 Å². The quantitative estimate of drug-likeness (QED) is 0.0405. The molecule has 1 aliphatic carbocycles. The summed E-state index contributed by atoms with van der Waals surface area (Å²) < 4.78 is 25.7. The maximum Gasteiger partial charge on any atom is 0.338 e. The van der Waals surface area contributed by atoms with Crippen LogP contribution in [0.25, 0.3) is 11.1 Å². The van der Waals surface area contributed by atoms with Crippen molar-refractivity contribution < 1.29 is 28.2 Å². The van der Waals surface area contributed by atoms with E-state index >= 15 is 0 Å². The van der Waals surface area contributed by atoms with E-state index < -0.39 is 14.4 Å². The number of allylic oxidation sites excluding steroid dienone is 2. The van der Waals surface area contributed by atoms with Crippen molar-refractivity contribution in [1.82, 2.24) is 0 Å². The molecule has 0 radical (unpaired) electrons. The Bertz CT molecular complexity index is 1970. The molecule has 5 aromatic carbocycles. The standard InChI is InChI=1S/C50H56O6Si/c1-50(2,3)57(42-25-15-9-16-26-42,43-27-17-10-18-28-43)55-37-45-44(29-19-5-6-20-30-48(51)53-4)46(35-47(45)56-49(52)41-23-13-8-14-24-41)54-36-38-31-33-40(34-32-38)39-21-11-7-12-22-39/h5,7-19,21-28,31-34,44-47H,6,20,29-30,35-37H2,1-4H3/t44-,45-,46+,47-/m1/s1. The largest absolute Gasteiger partial charge is 0.469 e. The lowest BCUT2D eigenvalue weighted by Gasteiger charge is -2.44. The molecule has 7 heteroatoms. The maximum atomic E-state index is 13.8. The fourth-order valence-corrected chi connectivity index (χ4v) is 12.8. The SMILES string of the molecule is COC(=O)CCCC=CC[C@@H]1[C@@H](CO[Si](c2ccccc2)(c2ccccc2)C(C)(C)C)[C@H](OC(=O)c2ccccc2)C[C@@H]1OCc1ccc(-c2ccccc2)cc1. The van der Waals surface area contributed by atoms with Crippen molar-refractivity contribution in [3.05, 3.63) is 169 Å². The molecular weight excluding hydrogens is 725 g/mol. The Hall–Kier alpha value is -5.08. The van der Waals surface area contributed by atoms with Gasteiger partial charge < -0.3 is 18.6 Å². The van der Waals surface area contributed by atoms with Gasteiger partial charge in [0.2, 0.25) is 0 Å². The number of methoxy groups -OCH3 is 1. The van der Waals surface area contributed by atoms with Crippen LogP contribution in [0.1, 0.15) is 68.8 Å². The maximum absolute atomic E-state index is 13.8. The Morgan fingerprint density at radius 2 is 1.25 bits per heavy atom. The van der Waals surface area contributed by atoms with E-state index in [1.165, 1.54) is 23.0 Å². The average molecular weight is 781 g/mol. The summed E-state index contributed by atoms with van der Waals surface area (Å²) in [6.45, 7) is 7.67. The van der Waals surface area contributed by atoms with Gasteiger partial charge in [-0.3, -0.25) is 4.79 Å². The first-order valence-corrected chi connectivity index (χ1v) is 22.1. The molecule has 5 aromatic rings. The van der Waals surface area contributed by atoms with Crippen molar-refractivity contribution in [3.63, 3.8) is 0 Å². The Kier molecular flexibility index (Phi) is 14.5. The minimum atomic E-state index is -2.91. The summed E-state index contributed by atoms with van der Waals surface area (Å²) in [4.78, 5) is 25.5. The molecule has 0 amide bonds. The monoisotopic (exact) mass is 780 g/mol. The second-order valence-electron chi connectivity index (χ2n) is 15.9. The number of carbonyl (C=O) groups excluding carboxylic acids is 2. The van der Waals surface area contributed by atoms with Crippen LogP contribution in [0, 0.1) is 11.8 Å². The van der Waals surface area contributed by atoms with E-state index in [-0.39, 0.29) is 34.9 Å². The third-order valence-corrected chi connectivity index (χ3v) is 16.2. The zero-order chi connectivity index (χ0) is 40.1. The van der Waals surface area contributed by atoms with Crippen LogP contribution in [0.5, 0.6) is 0 Å². The van der Waals surface area contributed by atoms with E-state index in [2.05, 4.69) is 142 Å². The van der Waals surface area contributed by atoms with Crippen LogP contribution in [-0.2, 0) is 30.0 Å². The Morgan fingerprint density at radius 1 is 0.684 bits per heavy atom. The van der Waals surface area contributed by atoms with Crippen LogP contribution in [0.2, 0.25) is 5.04 Å². The molecular formula is C50H56O6Si. The zero-order valence-electron chi connectivity index (χ0n) is 33.7. The molecule has 1 fully saturated rings. The Morgan fingerprint density at radius 3 is 1.82 bits per heavy atom. The zero-order valence-corrected chi connectivity index (χ0v) is 34.7. The van der Waals surface area contributed by atoms with Gasteiger partial charge in [-0.25, -0.2) is 4.79 Å². The molecule has 6 nitrogen and oxygen atoms in total. The minimum Gasteiger partial charge on any atom is -0.469 e. The van der Waals surface area contributed by atoms with E-state index in [1.807, 2.05) is 24.3 Å². The second kappa shape index (κ2) is 19.9. The first-order chi connectivity index (χ1) is 27.7. The first-order valence-electron chi connectivity index (χ1n) is 20.2. The number of carbonyl (C=O) groups is 2. The van der Waals surface area contributed by atoms with Gasteiger partial charge in [0.1, 0.15) is 6.10 Å². The Labute approximate surface area is 340 Å². The molecule has 0 aliphatic heterocycles. The van der Waals surface area contributed by atoms with Crippen molar-refractivity contribution in [2.75, 3.05) is 13.7 Å². The minimum absolute atomic E-state index is 0.00256. The van der Waals surface area contributed by atoms with Crippen molar-refractivity contribution in [2.24, 2.45) is 11.8 Å². The molecule has 57 heavy (non-hydrogen) atoms.